The van der Waals surface area contributed by atoms with Crippen LogP contribution in [0.4, 0.5) is 0 Å². The van der Waals surface area contributed by atoms with Crippen LogP contribution in [0.5, 0.6) is 0 Å². The van der Waals surface area contributed by atoms with Gasteiger partial charge in [-0.2, -0.15) is 0 Å². The molecule has 0 amide bonds. The van der Waals surface area contributed by atoms with Crippen molar-refractivity contribution in [3.8, 4) is 0 Å². The van der Waals surface area contributed by atoms with Gasteiger partial charge in [0.25, 0.3) is 0 Å². The molecule has 1 aliphatic rings. The molecule has 1 heteroatoms. The smallest absolute Gasteiger partial charge is 0.0241 e. The lowest BCUT2D eigenvalue weighted by atomic mass is 9.92. The van der Waals surface area contributed by atoms with Gasteiger partial charge in [-0.1, -0.05) is 20.8 Å². The van der Waals surface area contributed by atoms with Gasteiger partial charge < -0.3 is 5.32 Å². The molecule has 0 bridgehead atoms. The molecule has 1 nitrogen and oxygen atoms in total. The normalized spacial score (nSPS) is 30.4. The Balaban J connectivity index is 2.36. The molecule has 0 aromatic heterocycles. The van der Waals surface area contributed by atoms with Crippen LogP contribution in [-0.4, -0.2) is 12.6 Å². The van der Waals surface area contributed by atoms with Crippen molar-refractivity contribution in [1.29, 1.82) is 0 Å². The number of hydrogen-bond acceptors (Lipinski definition) is 1. The highest BCUT2D eigenvalue weighted by Crippen LogP contribution is 2.24. The molecule has 0 radical (unpaired) electrons. The minimum atomic E-state index is 0.500. The van der Waals surface area contributed by atoms with Crippen molar-refractivity contribution >= 4 is 0 Å². The van der Waals surface area contributed by atoms with Gasteiger partial charge in [-0.25, -0.2) is 0 Å². The molecule has 7 heavy (non-hydrogen) atoms. The summed E-state index contributed by atoms with van der Waals surface area (Å²) in [6.45, 7) is 8.01. The molecule has 1 N–H and O–H groups in total. The molecule has 0 aliphatic carbocycles. The fourth-order valence-corrected chi connectivity index (χ4v) is 0.671. The van der Waals surface area contributed by atoms with Crippen molar-refractivity contribution in [2.24, 2.45) is 5.41 Å². The summed E-state index contributed by atoms with van der Waals surface area (Å²) in [5.41, 5.74) is 0.500. The first-order valence-corrected chi connectivity index (χ1v) is 2.84. The minimum Gasteiger partial charge on any atom is -0.311 e. The molecule has 1 aliphatic heterocycles. The highest BCUT2D eigenvalue weighted by Gasteiger charge is 2.32. The van der Waals surface area contributed by atoms with Gasteiger partial charge in [0.1, 0.15) is 0 Å². The van der Waals surface area contributed by atoms with E-state index in [0.29, 0.717) is 5.41 Å². The van der Waals surface area contributed by atoms with E-state index in [1.807, 2.05) is 0 Å². The SMILES string of the molecule is CC(C)(C)[C@H]1CN1. The largest absolute Gasteiger partial charge is 0.311 e. The van der Waals surface area contributed by atoms with Crippen molar-refractivity contribution in [2.45, 2.75) is 26.8 Å². The van der Waals surface area contributed by atoms with Gasteiger partial charge in [0, 0.05) is 12.6 Å². The highest BCUT2D eigenvalue weighted by molar-refractivity contribution is 4.93. The topological polar surface area (TPSA) is 21.9 Å². The van der Waals surface area contributed by atoms with Gasteiger partial charge in [-0.05, 0) is 5.41 Å². The van der Waals surface area contributed by atoms with Crippen molar-refractivity contribution in [1.82, 2.24) is 5.32 Å². The molecular formula is C6H13N. The molecular weight excluding hydrogens is 86.1 g/mol. The molecule has 1 heterocycles. The van der Waals surface area contributed by atoms with E-state index in [1.54, 1.807) is 0 Å². The monoisotopic (exact) mass is 99.1 g/mol. The molecule has 42 valence electrons. The maximum Gasteiger partial charge on any atom is 0.0241 e. The van der Waals surface area contributed by atoms with E-state index < -0.39 is 0 Å². The first-order chi connectivity index (χ1) is 3.11. The third kappa shape index (κ3) is 1.16. The molecule has 1 fully saturated rings. The van der Waals surface area contributed by atoms with Crippen molar-refractivity contribution in [2.75, 3.05) is 6.54 Å². The standard InChI is InChI=1S/C6H13N/c1-6(2,3)5-4-7-5/h5,7H,4H2,1-3H3/t5-/m1/s1. The molecule has 0 spiro atoms. The zero-order chi connectivity index (χ0) is 5.49. The molecule has 1 rings (SSSR count). The van der Waals surface area contributed by atoms with Gasteiger partial charge in [0.15, 0.2) is 0 Å². The van der Waals surface area contributed by atoms with Gasteiger partial charge >= 0.3 is 0 Å². The molecule has 0 saturated carbocycles. The second-order valence-electron chi connectivity index (χ2n) is 3.33. The predicted molar refractivity (Wildman–Crippen MR) is 31.2 cm³/mol. The zero-order valence-electron chi connectivity index (χ0n) is 5.28. The molecule has 1 saturated heterocycles. The van der Waals surface area contributed by atoms with E-state index in [1.165, 1.54) is 6.54 Å². The van der Waals surface area contributed by atoms with Crippen molar-refractivity contribution in [3.63, 3.8) is 0 Å². The first kappa shape index (κ1) is 5.10. The Morgan fingerprint density at radius 1 is 1.43 bits per heavy atom. The van der Waals surface area contributed by atoms with E-state index in [9.17, 15) is 0 Å². The maximum absolute atomic E-state index is 3.27. The van der Waals surface area contributed by atoms with E-state index in [-0.39, 0.29) is 0 Å². The Morgan fingerprint density at radius 2 is 1.86 bits per heavy atom. The average molecular weight is 99.2 g/mol. The second-order valence-corrected chi connectivity index (χ2v) is 3.33. The summed E-state index contributed by atoms with van der Waals surface area (Å²) < 4.78 is 0. The van der Waals surface area contributed by atoms with Crippen LogP contribution in [0.15, 0.2) is 0 Å². The van der Waals surface area contributed by atoms with Crippen molar-refractivity contribution in [3.05, 3.63) is 0 Å². The van der Waals surface area contributed by atoms with Crippen LogP contribution in [0.2, 0.25) is 0 Å². The predicted octanol–water partition coefficient (Wildman–Crippen LogP) is 1.00. The van der Waals surface area contributed by atoms with Gasteiger partial charge in [-0.15, -0.1) is 0 Å². The van der Waals surface area contributed by atoms with E-state index in [2.05, 4.69) is 26.1 Å². The third-order valence-electron chi connectivity index (χ3n) is 1.45. The summed E-state index contributed by atoms with van der Waals surface area (Å²) in [7, 11) is 0. The lowest BCUT2D eigenvalue weighted by Gasteiger charge is -2.14. The van der Waals surface area contributed by atoms with Crippen LogP contribution in [-0.2, 0) is 0 Å². The fraction of sp³-hybridized carbons (Fsp3) is 1.00. The summed E-state index contributed by atoms with van der Waals surface area (Å²) in [6, 6.07) is 0.799. The van der Waals surface area contributed by atoms with Crippen LogP contribution in [0.25, 0.3) is 0 Å². The highest BCUT2D eigenvalue weighted by atomic mass is 15.1. The van der Waals surface area contributed by atoms with Gasteiger partial charge in [0.2, 0.25) is 0 Å². The third-order valence-corrected chi connectivity index (χ3v) is 1.45. The van der Waals surface area contributed by atoms with Crippen LogP contribution in [0, 0.1) is 5.41 Å². The Morgan fingerprint density at radius 3 is 1.86 bits per heavy atom. The Kier molecular flexibility index (Phi) is 0.890. The van der Waals surface area contributed by atoms with Crippen LogP contribution in [0.3, 0.4) is 0 Å². The van der Waals surface area contributed by atoms with E-state index >= 15 is 0 Å². The Labute approximate surface area is 45.1 Å². The first-order valence-electron chi connectivity index (χ1n) is 2.84. The van der Waals surface area contributed by atoms with Gasteiger partial charge in [-0.3, -0.25) is 0 Å². The van der Waals surface area contributed by atoms with E-state index in [0.717, 1.165) is 6.04 Å². The summed E-state index contributed by atoms with van der Waals surface area (Å²) in [6.07, 6.45) is 0. The summed E-state index contributed by atoms with van der Waals surface area (Å²) >= 11 is 0. The maximum atomic E-state index is 3.27. The van der Waals surface area contributed by atoms with E-state index in [4.69, 9.17) is 0 Å². The summed E-state index contributed by atoms with van der Waals surface area (Å²) in [4.78, 5) is 0. The molecule has 0 unspecified atom stereocenters. The lowest BCUT2D eigenvalue weighted by molar-refractivity contribution is 0.403. The van der Waals surface area contributed by atoms with Crippen LogP contribution in [0.1, 0.15) is 20.8 Å². The number of rotatable bonds is 0. The molecule has 0 aromatic rings. The Bertz CT molecular complexity index is 66.7. The number of nitrogens with one attached hydrogen (secondary N) is 1. The average Bonchev–Trinajstić information content (AvgIpc) is 1.99. The quantitative estimate of drug-likeness (QED) is 0.450. The lowest BCUT2D eigenvalue weighted by Crippen LogP contribution is -2.15. The molecule has 1 atom stereocenters. The fourth-order valence-electron chi connectivity index (χ4n) is 0.671. The number of hydrogen-bond donors (Lipinski definition) is 1. The van der Waals surface area contributed by atoms with Crippen LogP contribution >= 0.6 is 0 Å². The second kappa shape index (κ2) is 1.22. The van der Waals surface area contributed by atoms with Crippen molar-refractivity contribution < 1.29 is 0 Å². The molecule has 0 aromatic carbocycles. The van der Waals surface area contributed by atoms with Gasteiger partial charge in [0.05, 0.1) is 0 Å². The summed E-state index contributed by atoms with van der Waals surface area (Å²) in [5, 5.41) is 3.27. The minimum absolute atomic E-state index is 0.500. The Hall–Kier alpha value is -0.0400. The summed E-state index contributed by atoms with van der Waals surface area (Å²) in [5.74, 6) is 0. The van der Waals surface area contributed by atoms with Crippen LogP contribution < -0.4 is 5.32 Å². The zero-order valence-corrected chi connectivity index (χ0v) is 5.28.